The maximum Gasteiger partial charge on any atom is 0.271 e. The number of thioether (sulfide) groups is 1. The molecular formula is C17H13FN2O2S. The highest BCUT2D eigenvalue weighted by molar-refractivity contribution is 8.19. The molecule has 0 spiro atoms. The summed E-state index contributed by atoms with van der Waals surface area (Å²) < 4.78 is 18.1. The number of anilines is 1. The van der Waals surface area contributed by atoms with Crippen molar-refractivity contribution in [2.45, 2.75) is 0 Å². The summed E-state index contributed by atoms with van der Waals surface area (Å²) in [5.74, 6) is 0.0641. The van der Waals surface area contributed by atoms with Gasteiger partial charge in [0.1, 0.15) is 11.6 Å². The Kier molecular flexibility index (Phi) is 4.16. The van der Waals surface area contributed by atoms with Crippen LogP contribution in [0.5, 0.6) is 5.75 Å². The molecule has 116 valence electrons. The van der Waals surface area contributed by atoms with Crippen LogP contribution in [-0.4, -0.2) is 18.2 Å². The normalized spacial score (nSPS) is 16.3. The molecule has 1 fully saturated rings. The van der Waals surface area contributed by atoms with Gasteiger partial charge in [-0.2, -0.15) is 0 Å². The molecule has 1 aliphatic heterocycles. The molecule has 2 aromatic rings. The van der Waals surface area contributed by atoms with Crippen molar-refractivity contribution in [1.29, 1.82) is 5.41 Å². The number of ether oxygens (including phenoxy) is 1. The van der Waals surface area contributed by atoms with Gasteiger partial charge in [-0.15, -0.1) is 0 Å². The molecule has 1 heterocycles. The van der Waals surface area contributed by atoms with E-state index >= 15 is 0 Å². The summed E-state index contributed by atoms with van der Waals surface area (Å²) in [6.45, 7) is 0. The highest BCUT2D eigenvalue weighted by Crippen LogP contribution is 2.35. The van der Waals surface area contributed by atoms with Crippen LogP contribution in [0.4, 0.5) is 10.1 Å². The summed E-state index contributed by atoms with van der Waals surface area (Å²) in [6.07, 6.45) is 1.73. The molecule has 1 amide bonds. The number of nitrogens with one attached hydrogen (secondary N) is 1. The number of halogens is 1. The summed E-state index contributed by atoms with van der Waals surface area (Å²) in [7, 11) is 1.59. The maximum absolute atomic E-state index is 13.0. The summed E-state index contributed by atoms with van der Waals surface area (Å²) >= 11 is 1.08. The van der Waals surface area contributed by atoms with Crippen LogP contribution in [0.25, 0.3) is 6.08 Å². The molecular weight excluding hydrogens is 315 g/mol. The van der Waals surface area contributed by atoms with E-state index in [0.29, 0.717) is 10.6 Å². The van der Waals surface area contributed by atoms with Gasteiger partial charge in [-0.05, 0) is 59.8 Å². The van der Waals surface area contributed by atoms with E-state index in [1.165, 1.54) is 29.2 Å². The fourth-order valence-corrected chi connectivity index (χ4v) is 3.02. The van der Waals surface area contributed by atoms with Gasteiger partial charge in [0, 0.05) is 0 Å². The molecule has 0 aromatic heterocycles. The zero-order valence-electron chi connectivity index (χ0n) is 12.2. The zero-order valence-corrected chi connectivity index (χ0v) is 13.1. The predicted octanol–water partition coefficient (Wildman–Crippen LogP) is 3.89. The first kappa shape index (κ1) is 15.3. The van der Waals surface area contributed by atoms with E-state index in [9.17, 15) is 9.18 Å². The maximum atomic E-state index is 13.0. The molecule has 0 atom stereocenters. The Morgan fingerprint density at radius 2 is 1.78 bits per heavy atom. The van der Waals surface area contributed by atoms with Crippen LogP contribution in [-0.2, 0) is 4.79 Å². The minimum Gasteiger partial charge on any atom is -0.497 e. The number of rotatable bonds is 3. The number of methoxy groups -OCH3 is 1. The Hall–Kier alpha value is -2.60. The first-order valence-electron chi connectivity index (χ1n) is 6.80. The van der Waals surface area contributed by atoms with Gasteiger partial charge in [-0.25, -0.2) is 4.39 Å². The minimum absolute atomic E-state index is 0.0985. The third-order valence-electron chi connectivity index (χ3n) is 3.32. The number of hydrogen-bond donors (Lipinski definition) is 1. The fourth-order valence-electron chi connectivity index (χ4n) is 2.16. The van der Waals surface area contributed by atoms with Crippen LogP contribution in [0.2, 0.25) is 0 Å². The third-order valence-corrected chi connectivity index (χ3v) is 4.21. The van der Waals surface area contributed by atoms with Gasteiger partial charge < -0.3 is 4.74 Å². The van der Waals surface area contributed by atoms with Crippen LogP contribution in [0.15, 0.2) is 53.4 Å². The van der Waals surface area contributed by atoms with Crippen molar-refractivity contribution >= 4 is 34.6 Å². The molecule has 2 aromatic carbocycles. The van der Waals surface area contributed by atoms with Gasteiger partial charge >= 0.3 is 0 Å². The molecule has 1 saturated heterocycles. The van der Waals surface area contributed by atoms with Crippen molar-refractivity contribution in [2.75, 3.05) is 12.0 Å². The lowest BCUT2D eigenvalue weighted by Gasteiger charge is -2.13. The molecule has 1 N–H and O–H groups in total. The van der Waals surface area contributed by atoms with Gasteiger partial charge in [-0.1, -0.05) is 12.1 Å². The average molecular weight is 328 g/mol. The lowest BCUT2D eigenvalue weighted by atomic mass is 10.2. The summed E-state index contributed by atoms with van der Waals surface area (Å²) in [4.78, 5) is 14.2. The van der Waals surface area contributed by atoms with Crippen molar-refractivity contribution < 1.29 is 13.9 Å². The molecule has 0 saturated carbocycles. The average Bonchev–Trinajstić information content (AvgIpc) is 2.83. The molecule has 3 rings (SSSR count). The first-order valence-corrected chi connectivity index (χ1v) is 7.62. The van der Waals surface area contributed by atoms with Crippen LogP contribution in [0.3, 0.4) is 0 Å². The van der Waals surface area contributed by atoms with E-state index in [0.717, 1.165) is 23.1 Å². The quantitative estimate of drug-likeness (QED) is 0.870. The summed E-state index contributed by atoms with van der Waals surface area (Å²) in [5, 5.41) is 8.10. The monoisotopic (exact) mass is 328 g/mol. The van der Waals surface area contributed by atoms with Crippen molar-refractivity contribution in [3.8, 4) is 5.75 Å². The van der Waals surface area contributed by atoms with Gasteiger partial charge in [0.25, 0.3) is 5.91 Å². The molecule has 0 unspecified atom stereocenters. The summed E-state index contributed by atoms with van der Waals surface area (Å²) in [5.41, 5.74) is 1.32. The molecule has 6 heteroatoms. The van der Waals surface area contributed by atoms with Crippen molar-refractivity contribution in [1.82, 2.24) is 0 Å². The highest BCUT2D eigenvalue weighted by atomic mass is 32.2. The van der Waals surface area contributed by atoms with Gasteiger partial charge in [0.15, 0.2) is 5.17 Å². The van der Waals surface area contributed by atoms with E-state index in [4.69, 9.17) is 10.1 Å². The second-order valence-corrected chi connectivity index (χ2v) is 5.84. The molecule has 4 nitrogen and oxygen atoms in total. The molecule has 0 bridgehead atoms. The van der Waals surface area contributed by atoms with Gasteiger partial charge in [0.2, 0.25) is 0 Å². The number of nitrogens with zero attached hydrogens (tertiary/aromatic N) is 1. The summed E-state index contributed by atoms with van der Waals surface area (Å²) in [6, 6.07) is 12.8. The second-order valence-electron chi connectivity index (χ2n) is 4.81. The highest BCUT2D eigenvalue weighted by Gasteiger charge is 2.33. The molecule has 0 radical (unpaired) electrons. The van der Waals surface area contributed by atoms with Crippen LogP contribution in [0.1, 0.15) is 5.56 Å². The molecule has 23 heavy (non-hydrogen) atoms. The minimum atomic E-state index is -0.381. The topological polar surface area (TPSA) is 53.4 Å². The smallest absolute Gasteiger partial charge is 0.271 e. The van der Waals surface area contributed by atoms with E-state index < -0.39 is 0 Å². The number of amides is 1. The molecule has 0 aliphatic carbocycles. The van der Waals surface area contributed by atoms with E-state index in [1.807, 2.05) is 12.1 Å². The number of amidine groups is 1. The first-order chi connectivity index (χ1) is 11.1. The second kappa shape index (κ2) is 6.26. The van der Waals surface area contributed by atoms with Crippen LogP contribution < -0.4 is 9.64 Å². The van der Waals surface area contributed by atoms with Gasteiger partial charge in [-0.3, -0.25) is 15.1 Å². The molecule has 1 aliphatic rings. The number of benzene rings is 2. The number of carbonyl (C=O) groups is 1. The Balaban J connectivity index is 1.88. The van der Waals surface area contributed by atoms with Crippen LogP contribution >= 0.6 is 11.8 Å². The largest absolute Gasteiger partial charge is 0.497 e. The van der Waals surface area contributed by atoms with E-state index in [-0.39, 0.29) is 16.9 Å². The van der Waals surface area contributed by atoms with Crippen molar-refractivity contribution in [3.05, 3.63) is 64.8 Å². The van der Waals surface area contributed by atoms with E-state index in [1.54, 1.807) is 25.3 Å². The number of hydrogen-bond acceptors (Lipinski definition) is 4. The third kappa shape index (κ3) is 3.12. The Morgan fingerprint density at radius 3 is 2.39 bits per heavy atom. The van der Waals surface area contributed by atoms with Crippen LogP contribution in [0, 0.1) is 11.2 Å². The standard InChI is InChI=1S/C17H13FN2O2S/c1-22-14-8-2-11(3-9-14)10-15-16(21)20(17(19)23-15)13-6-4-12(18)5-7-13/h2-10,19H,1H3. The SMILES string of the molecule is COc1ccc(C=C2SC(=N)N(c3ccc(F)cc3)C2=O)cc1. The van der Waals surface area contributed by atoms with Crippen molar-refractivity contribution in [3.63, 3.8) is 0 Å². The Labute approximate surface area is 137 Å². The van der Waals surface area contributed by atoms with Gasteiger partial charge in [0.05, 0.1) is 17.7 Å². The zero-order chi connectivity index (χ0) is 16.4. The lowest BCUT2D eigenvalue weighted by molar-refractivity contribution is -0.113. The van der Waals surface area contributed by atoms with Crippen molar-refractivity contribution in [2.24, 2.45) is 0 Å². The fraction of sp³-hybridized carbons (Fsp3) is 0.0588. The Morgan fingerprint density at radius 1 is 1.13 bits per heavy atom. The Bertz CT molecular complexity index is 785. The predicted molar refractivity (Wildman–Crippen MR) is 90.2 cm³/mol. The van der Waals surface area contributed by atoms with E-state index in [2.05, 4.69) is 0 Å². The lowest BCUT2D eigenvalue weighted by Crippen LogP contribution is -2.28. The number of carbonyl (C=O) groups excluding carboxylic acids is 1.